The molecule has 0 fully saturated rings. The minimum absolute atomic E-state index is 0.417. The SMILES string of the molecule is N#CCCOc1ccc2ncsc2c1. The second-order valence-corrected chi connectivity index (χ2v) is 3.62. The first kappa shape index (κ1) is 8.97. The summed E-state index contributed by atoms with van der Waals surface area (Å²) in [5.74, 6) is 0.803. The summed E-state index contributed by atoms with van der Waals surface area (Å²) in [4.78, 5) is 4.17. The van der Waals surface area contributed by atoms with E-state index in [2.05, 4.69) is 4.98 Å². The predicted molar refractivity (Wildman–Crippen MR) is 55.3 cm³/mol. The van der Waals surface area contributed by atoms with Crippen molar-refractivity contribution in [1.82, 2.24) is 4.98 Å². The van der Waals surface area contributed by atoms with Crippen LogP contribution >= 0.6 is 11.3 Å². The van der Waals surface area contributed by atoms with Crippen molar-refractivity contribution < 1.29 is 4.74 Å². The van der Waals surface area contributed by atoms with Crippen molar-refractivity contribution in [3.05, 3.63) is 23.7 Å². The Labute approximate surface area is 85.6 Å². The molecule has 0 amide bonds. The van der Waals surface area contributed by atoms with Crippen LogP contribution in [0.15, 0.2) is 23.7 Å². The Hall–Kier alpha value is -1.60. The molecular weight excluding hydrogens is 196 g/mol. The lowest BCUT2D eigenvalue weighted by Crippen LogP contribution is -1.94. The summed E-state index contributed by atoms with van der Waals surface area (Å²) in [6.07, 6.45) is 0.417. The van der Waals surface area contributed by atoms with Gasteiger partial charge in [0.1, 0.15) is 12.4 Å². The lowest BCUT2D eigenvalue weighted by Gasteiger charge is -2.02. The third-order valence-electron chi connectivity index (χ3n) is 1.79. The lowest BCUT2D eigenvalue weighted by molar-refractivity contribution is 0.327. The fourth-order valence-electron chi connectivity index (χ4n) is 1.14. The average Bonchev–Trinajstić information content (AvgIpc) is 2.65. The van der Waals surface area contributed by atoms with Crippen LogP contribution in [-0.4, -0.2) is 11.6 Å². The van der Waals surface area contributed by atoms with Crippen molar-refractivity contribution in [3.8, 4) is 11.8 Å². The number of thiazole rings is 1. The molecule has 0 unspecified atom stereocenters. The van der Waals surface area contributed by atoms with Crippen LogP contribution in [0.4, 0.5) is 0 Å². The van der Waals surface area contributed by atoms with Gasteiger partial charge in [-0.2, -0.15) is 5.26 Å². The van der Waals surface area contributed by atoms with Crippen LogP contribution in [0.3, 0.4) is 0 Å². The van der Waals surface area contributed by atoms with E-state index in [4.69, 9.17) is 10.00 Å². The highest BCUT2D eigenvalue weighted by molar-refractivity contribution is 7.16. The minimum atomic E-state index is 0.417. The Bertz CT molecular complexity index is 472. The van der Waals surface area contributed by atoms with E-state index in [0.29, 0.717) is 13.0 Å². The molecule has 0 bridgehead atoms. The van der Waals surface area contributed by atoms with Gasteiger partial charge in [0, 0.05) is 0 Å². The van der Waals surface area contributed by atoms with E-state index in [1.807, 2.05) is 29.8 Å². The number of nitriles is 1. The first-order chi connectivity index (χ1) is 6.90. The van der Waals surface area contributed by atoms with Crippen LogP contribution in [0.25, 0.3) is 10.2 Å². The molecule has 0 radical (unpaired) electrons. The van der Waals surface area contributed by atoms with Crippen LogP contribution in [0.5, 0.6) is 5.75 Å². The maximum Gasteiger partial charge on any atom is 0.120 e. The molecule has 0 saturated heterocycles. The normalized spacial score (nSPS) is 9.93. The lowest BCUT2D eigenvalue weighted by atomic mass is 10.3. The van der Waals surface area contributed by atoms with Crippen molar-refractivity contribution in [3.63, 3.8) is 0 Å². The molecule has 14 heavy (non-hydrogen) atoms. The van der Waals surface area contributed by atoms with Gasteiger partial charge in [-0.3, -0.25) is 0 Å². The highest BCUT2D eigenvalue weighted by atomic mass is 32.1. The Morgan fingerprint density at radius 3 is 3.29 bits per heavy atom. The van der Waals surface area contributed by atoms with Gasteiger partial charge in [-0.15, -0.1) is 11.3 Å². The van der Waals surface area contributed by atoms with Crippen molar-refractivity contribution in [2.75, 3.05) is 6.61 Å². The van der Waals surface area contributed by atoms with E-state index in [1.54, 1.807) is 11.3 Å². The van der Waals surface area contributed by atoms with Crippen molar-refractivity contribution >= 4 is 21.6 Å². The van der Waals surface area contributed by atoms with E-state index in [1.165, 1.54) is 0 Å². The number of hydrogen-bond donors (Lipinski definition) is 0. The number of aromatic nitrogens is 1. The first-order valence-corrected chi connectivity index (χ1v) is 5.11. The highest BCUT2D eigenvalue weighted by Gasteiger charge is 1.98. The zero-order valence-corrected chi connectivity index (χ0v) is 8.25. The van der Waals surface area contributed by atoms with Crippen molar-refractivity contribution in [2.24, 2.45) is 0 Å². The second-order valence-electron chi connectivity index (χ2n) is 2.74. The first-order valence-electron chi connectivity index (χ1n) is 4.23. The Balaban J connectivity index is 2.14. The molecule has 2 rings (SSSR count). The van der Waals surface area contributed by atoms with Crippen LogP contribution < -0.4 is 4.74 Å². The minimum Gasteiger partial charge on any atom is -0.492 e. The van der Waals surface area contributed by atoms with Gasteiger partial charge in [-0.1, -0.05) is 0 Å². The van der Waals surface area contributed by atoms with Crippen molar-refractivity contribution in [1.29, 1.82) is 5.26 Å². The van der Waals surface area contributed by atoms with Gasteiger partial charge in [-0.25, -0.2) is 4.98 Å². The molecule has 0 aliphatic heterocycles. The molecule has 0 aliphatic rings. The zero-order chi connectivity index (χ0) is 9.80. The van der Waals surface area contributed by atoms with Gasteiger partial charge < -0.3 is 4.74 Å². The second kappa shape index (κ2) is 4.07. The van der Waals surface area contributed by atoms with Gasteiger partial charge in [0.2, 0.25) is 0 Å². The van der Waals surface area contributed by atoms with E-state index < -0.39 is 0 Å². The number of ether oxygens (including phenoxy) is 1. The Morgan fingerprint density at radius 1 is 1.50 bits per heavy atom. The number of hydrogen-bond acceptors (Lipinski definition) is 4. The molecule has 0 N–H and O–H groups in total. The average molecular weight is 204 g/mol. The fourth-order valence-corrected chi connectivity index (χ4v) is 1.85. The standard InChI is InChI=1S/C10H8N2OS/c11-4-1-5-13-8-2-3-9-10(6-8)14-7-12-9/h2-3,6-7H,1,5H2. The summed E-state index contributed by atoms with van der Waals surface area (Å²) in [5, 5.41) is 8.35. The molecule has 0 spiro atoms. The number of nitrogens with zero attached hydrogens (tertiary/aromatic N) is 2. The molecule has 3 nitrogen and oxygen atoms in total. The maximum absolute atomic E-state index is 8.35. The van der Waals surface area contributed by atoms with Crippen molar-refractivity contribution in [2.45, 2.75) is 6.42 Å². The Morgan fingerprint density at radius 2 is 2.43 bits per heavy atom. The molecule has 1 heterocycles. The molecular formula is C10H8N2OS. The van der Waals surface area contributed by atoms with E-state index in [9.17, 15) is 0 Å². The van der Waals surface area contributed by atoms with Crippen LogP contribution in [0, 0.1) is 11.3 Å². The van der Waals surface area contributed by atoms with Gasteiger partial charge in [0.15, 0.2) is 0 Å². The van der Waals surface area contributed by atoms with E-state index in [0.717, 1.165) is 16.0 Å². The van der Waals surface area contributed by atoms with Crippen LogP contribution in [-0.2, 0) is 0 Å². The predicted octanol–water partition coefficient (Wildman–Crippen LogP) is 2.59. The zero-order valence-electron chi connectivity index (χ0n) is 7.43. The number of rotatable bonds is 3. The molecule has 0 atom stereocenters. The summed E-state index contributed by atoms with van der Waals surface area (Å²) in [7, 11) is 0. The summed E-state index contributed by atoms with van der Waals surface area (Å²) >= 11 is 1.58. The molecule has 1 aromatic heterocycles. The third kappa shape index (κ3) is 1.83. The van der Waals surface area contributed by atoms with Gasteiger partial charge in [-0.05, 0) is 18.2 Å². The van der Waals surface area contributed by atoms with Gasteiger partial charge >= 0.3 is 0 Å². The summed E-state index contributed by atoms with van der Waals surface area (Å²) in [6.45, 7) is 0.445. The Kier molecular flexibility index (Phi) is 2.61. The highest BCUT2D eigenvalue weighted by Crippen LogP contribution is 2.23. The molecule has 2 aromatic rings. The molecule has 70 valence electrons. The summed E-state index contributed by atoms with van der Waals surface area (Å²) in [6, 6.07) is 7.78. The largest absolute Gasteiger partial charge is 0.492 e. The molecule has 4 heteroatoms. The monoisotopic (exact) mass is 204 g/mol. The summed E-state index contributed by atoms with van der Waals surface area (Å²) < 4.78 is 6.49. The number of fused-ring (bicyclic) bond motifs is 1. The summed E-state index contributed by atoms with van der Waals surface area (Å²) in [5.41, 5.74) is 2.80. The molecule has 1 aromatic carbocycles. The van der Waals surface area contributed by atoms with E-state index in [-0.39, 0.29) is 0 Å². The topological polar surface area (TPSA) is 45.9 Å². The van der Waals surface area contributed by atoms with Gasteiger partial charge in [0.05, 0.1) is 28.2 Å². The van der Waals surface area contributed by atoms with Gasteiger partial charge in [0.25, 0.3) is 0 Å². The smallest absolute Gasteiger partial charge is 0.120 e. The molecule has 0 saturated carbocycles. The van der Waals surface area contributed by atoms with Crippen LogP contribution in [0.1, 0.15) is 6.42 Å². The molecule has 0 aliphatic carbocycles. The van der Waals surface area contributed by atoms with E-state index >= 15 is 0 Å². The van der Waals surface area contributed by atoms with Crippen LogP contribution in [0.2, 0.25) is 0 Å². The number of benzene rings is 1. The fraction of sp³-hybridized carbons (Fsp3) is 0.200. The maximum atomic E-state index is 8.35. The third-order valence-corrected chi connectivity index (χ3v) is 2.58. The quantitative estimate of drug-likeness (QED) is 0.722.